The normalized spacial score (nSPS) is 10.9. The number of ether oxygens (including phenoxy) is 2. The molecule has 1 aromatic rings. The van der Waals surface area contributed by atoms with Gasteiger partial charge in [-0.1, -0.05) is 11.6 Å². The van der Waals surface area contributed by atoms with Crippen molar-refractivity contribution in [2.45, 2.75) is 26.4 Å². The van der Waals surface area contributed by atoms with Crippen molar-refractivity contribution in [1.82, 2.24) is 9.97 Å². The molecule has 1 rings (SSSR count). The third-order valence-corrected chi connectivity index (χ3v) is 2.51. The number of carbonyl (C=O) groups excluding carboxylic acids is 2. The number of nitrogens with zero attached hydrogens (tertiary/aromatic N) is 3. The quantitative estimate of drug-likeness (QED) is 0.850. The lowest BCUT2D eigenvalue weighted by Gasteiger charge is -2.20. The fraction of sp³-hybridized carbons (Fsp3) is 0.538. The number of halogens is 1. The molecule has 122 valence electrons. The zero-order valence-corrected chi connectivity index (χ0v) is 14.1. The van der Waals surface area contributed by atoms with Gasteiger partial charge in [0.15, 0.2) is 22.5 Å². The molecule has 0 aromatic carbocycles. The first-order valence-electron chi connectivity index (χ1n) is 6.38. The summed E-state index contributed by atoms with van der Waals surface area (Å²) in [6, 6.07) is 0. The largest absolute Gasteiger partial charge is 0.464 e. The average Bonchev–Trinajstić information content (AvgIpc) is 2.36. The number of aromatic nitrogens is 2. The lowest BCUT2D eigenvalue weighted by atomic mass is 10.2. The van der Waals surface area contributed by atoms with Crippen LogP contribution < -0.4 is 10.2 Å². The second kappa shape index (κ2) is 6.78. The van der Waals surface area contributed by atoms with E-state index in [1.165, 1.54) is 7.11 Å². The maximum Gasteiger partial charge on any atom is 0.413 e. The molecule has 9 heteroatoms. The standard InChI is InChI=1S/C13H19ClN4O4/c1-13(2,3)22-12(20)17-9-7(11(19)21-6)15-8(14)10(16-9)18(4)5/h1-6H3,(H,16,17,20). The third-order valence-electron chi connectivity index (χ3n) is 2.26. The maximum absolute atomic E-state index is 11.9. The van der Waals surface area contributed by atoms with Gasteiger partial charge in [-0.05, 0) is 20.8 Å². The highest BCUT2D eigenvalue weighted by Crippen LogP contribution is 2.25. The van der Waals surface area contributed by atoms with Crippen LogP contribution >= 0.6 is 11.6 Å². The summed E-state index contributed by atoms with van der Waals surface area (Å²) in [7, 11) is 4.59. The van der Waals surface area contributed by atoms with Crippen LogP contribution in [0.25, 0.3) is 0 Å². The van der Waals surface area contributed by atoms with E-state index in [-0.39, 0.29) is 16.7 Å². The van der Waals surface area contributed by atoms with Crippen molar-refractivity contribution >= 4 is 35.3 Å². The summed E-state index contributed by atoms with van der Waals surface area (Å²) in [5, 5.41) is 2.40. The molecular formula is C13H19ClN4O4. The zero-order chi connectivity index (χ0) is 17.1. The molecule has 1 heterocycles. The molecule has 0 saturated carbocycles. The minimum absolute atomic E-state index is 0.0140. The summed E-state index contributed by atoms with van der Waals surface area (Å²) in [5.41, 5.74) is -0.899. The van der Waals surface area contributed by atoms with E-state index in [2.05, 4.69) is 20.0 Å². The molecule has 0 saturated heterocycles. The Hall–Kier alpha value is -2.09. The molecule has 0 spiro atoms. The van der Waals surface area contributed by atoms with E-state index in [1.54, 1.807) is 39.8 Å². The van der Waals surface area contributed by atoms with Gasteiger partial charge in [-0.2, -0.15) is 0 Å². The maximum atomic E-state index is 11.9. The molecule has 0 aliphatic rings. The lowest BCUT2D eigenvalue weighted by Crippen LogP contribution is -2.29. The van der Waals surface area contributed by atoms with E-state index < -0.39 is 17.7 Å². The van der Waals surface area contributed by atoms with Crippen LogP contribution in [-0.4, -0.2) is 48.8 Å². The Balaban J connectivity index is 3.22. The van der Waals surface area contributed by atoms with E-state index in [1.807, 2.05) is 0 Å². The van der Waals surface area contributed by atoms with Crippen molar-refractivity contribution in [2.24, 2.45) is 0 Å². The van der Waals surface area contributed by atoms with Gasteiger partial charge < -0.3 is 14.4 Å². The van der Waals surface area contributed by atoms with E-state index >= 15 is 0 Å². The smallest absolute Gasteiger partial charge is 0.413 e. The SMILES string of the molecule is COC(=O)c1nc(Cl)c(N(C)C)nc1NC(=O)OC(C)(C)C. The van der Waals surface area contributed by atoms with Crippen molar-refractivity contribution in [3.8, 4) is 0 Å². The average molecular weight is 331 g/mol. The van der Waals surface area contributed by atoms with Crippen molar-refractivity contribution in [2.75, 3.05) is 31.4 Å². The van der Waals surface area contributed by atoms with Crippen LogP contribution in [0.4, 0.5) is 16.4 Å². The van der Waals surface area contributed by atoms with Gasteiger partial charge in [0.05, 0.1) is 7.11 Å². The molecule has 1 aromatic heterocycles. The Morgan fingerprint density at radius 2 is 1.82 bits per heavy atom. The van der Waals surface area contributed by atoms with Crippen LogP contribution in [0.5, 0.6) is 0 Å². The van der Waals surface area contributed by atoms with Crippen LogP contribution in [0.3, 0.4) is 0 Å². The van der Waals surface area contributed by atoms with Crippen molar-refractivity contribution < 1.29 is 19.1 Å². The van der Waals surface area contributed by atoms with Gasteiger partial charge in [0.2, 0.25) is 0 Å². The fourth-order valence-electron chi connectivity index (χ4n) is 1.42. The summed E-state index contributed by atoms with van der Waals surface area (Å²) >= 11 is 5.97. The summed E-state index contributed by atoms with van der Waals surface area (Å²) in [6.45, 7) is 5.14. The number of rotatable bonds is 3. The van der Waals surface area contributed by atoms with Crippen LogP contribution in [-0.2, 0) is 9.47 Å². The second-order valence-electron chi connectivity index (χ2n) is 5.55. The predicted molar refractivity (Wildman–Crippen MR) is 82.6 cm³/mol. The van der Waals surface area contributed by atoms with Gasteiger partial charge in [-0.25, -0.2) is 19.6 Å². The van der Waals surface area contributed by atoms with E-state index in [0.717, 1.165) is 0 Å². The van der Waals surface area contributed by atoms with E-state index in [4.69, 9.17) is 16.3 Å². The number of carbonyl (C=O) groups is 2. The number of anilines is 2. The van der Waals surface area contributed by atoms with Crippen LogP contribution in [0.2, 0.25) is 5.15 Å². The predicted octanol–water partition coefficient (Wildman–Crippen LogP) is 2.33. The molecule has 0 unspecified atom stereocenters. The Morgan fingerprint density at radius 1 is 1.23 bits per heavy atom. The number of esters is 1. The molecule has 1 N–H and O–H groups in total. The van der Waals surface area contributed by atoms with Gasteiger partial charge in [-0.15, -0.1) is 0 Å². The van der Waals surface area contributed by atoms with Gasteiger partial charge in [0.1, 0.15) is 5.60 Å². The van der Waals surface area contributed by atoms with Gasteiger partial charge >= 0.3 is 12.1 Å². The Kier molecular flexibility index (Phi) is 5.54. The van der Waals surface area contributed by atoms with Crippen molar-refractivity contribution in [3.63, 3.8) is 0 Å². The molecule has 0 aliphatic heterocycles. The summed E-state index contributed by atoms with van der Waals surface area (Å²) in [5.74, 6) is -0.569. The highest BCUT2D eigenvalue weighted by Gasteiger charge is 2.24. The zero-order valence-electron chi connectivity index (χ0n) is 13.4. The minimum atomic E-state index is -0.772. The monoisotopic (exact) mass is 330 g/mol. The molecule has 0 aliphatic carbocycles. The van der Waals surface area contributed by atoms with E-state index in [9.17, 15) is 9.59 Å². The molecule has 0 fully saturated rings. The third kappa shape index (κ3) is 4.73. The topological polar surface area (TPSA) is 93.6 Å². The highest BCUT2D eigenvalue weighted by atomic mass is 35.5. The Morgan fingerprint density at radius 3 is 2.27 bits per heavy atom. The Bertz CT molecular complexity index is 584. The first-order chi connectivity index (χ1) is 10.0. The van der Waals surface area contributed by atoms with Gasteiger partial charge in [0, 0.05) is 14.1 Å². The molecule has 0 bridgehead atoms. The fourth-order valence-corrected chi connectivity index (χ4v) is 1.71. The molecule has 22 heavy (non-hydrogen) atoms. The summed E-state index contributed by atoms with van der Waals surface area (Å²) in [6.07, 6.45) is -0.765. The van der Waals surface area contributed by atoms with Crippen molar-refractivity contribution in [3.05, 3.63) is 10.8 Å². The van der Waals surface area contributed by atoms with E-state index in [0.29, 0.717) is 5.82 Å². The number of hydrogen-bond donors (Lipinski definition) is 1. The van der Waals surface area contributed by atoms with Crippen LogP contribution in [0, 0.1) is 0 Å². The number of hydrogen-bond acceptors (Lipinski definition) is 7. The van der Waals surface area contributed by atoms with Crippen LogP contribution in [0.1, 0.15) is 31.3 Å². The molecule has 1 amide bonds. The Labute approximate surface area is 133 Å². The van der Waals surface area contributed by atoms with Gasteiger partial charge in [-0.3, -0.25) is 5.32 Å². The molecular weight excluding hydrogens is 312 g/mol. The minimum Gasteiger partial charge on any atom is -0.464 e. The molecule has 8 nitrogen and oxygen atoms in total. The first-order valence-corrected chi connectivity index (χ1v) is 6.76. The summed E-state index contributed by atoms with van der Waals surface area (Å²) in [4.78, 5) is 33.3. The molecule has 0 atom stereocenters. The summed E-state index contributed by atoms with van der Waals surface area (Å²) < 4.78 is 9.73. The van der Waals surface area contributed by atoms with Crippen LogP contribution in [0.15, 0.2) is 0 Å². The molecule has 0 radical (unpaired) electrons. The lowest BCUT2D eigenvalue weighted by molar-refractivity contribution is 0.0594. The van der Waals surface area contributed by atoms with Crippen molar-refractivity contribution in [1.29, 1.82) is 0 Å². The first kappa shape index (κ1) is 18.0. The second-order valence-corrected chi connectivity index (χ2v) is 5.91. The highest BCUT2D eigenvalue weighted by molar-refractivity contribution is 6.32. The van der Waals surface area contributed by atoms with Gasteiger partial charge in [0.25, 0.3) is 0 Å². The number of nitrogens with one attached hydrogen (secondary N) is 1. The number of methoxy groups -OCH3 is 1. The number of amides is 1.